The summed E-state index contributed by atoms with van der Waals surface area (Å²) in [5.74, 6) is 1.94. The number of hydrogen-bond donors (Lipinski definition) is 0. The number of furan rings is 1. The smallest absolute Gasteiger partial charge is 0.189 e. The molecule has 0 unspecified atom stereocenters. The Bertz CT molecular complexity index is 924. The monoisotopic (exact) mass is 400 g/mol. The Balaban J connectivity index is 1.61. The minimum absolute atomic E-state index is 0.103. The predicted octanol–water partition coefficient (Wildman–Crippen LogP) is 4.56. The van der Waals surface area contributed by atoms with E-state index < -0.39 is 0 Å². The lowest BCUT2D eigenvalue weighted by Gasteiger charge is -2.03. The standard InChI is InChI=1S/C19H17BrN2O3/c1-13-18(11-22(2)21-13)19(23)9-8-15-6-7-17(25-15)12-24-16-5-3-4-14(20)10-16/h3-11H,12H2,1-2H3/b9-8+. The van der Waals surface area contributed by atoms with E-state index in [4.69, 9.17) is 9.15 Å². The topological polar surface area (TPSA) is 57.3 Å². The van der Waals surface area contributed by atoms with E-state index in [2.05, 4.69) is 21.0 Å². The first-order valence-electron chi connectivity index (χ1n) is 7.71. The fourth-order valence-corrected chi connectivity index (χ4v) is 2.74. The Morgan fingerprint density at radius 2 is 2.20 bits per heavy atom. The van der Waals surface area contributed by atoms with Crippen LogP contribution in [0.2, 0.25) is 0 Å². The van der Waals surface area contributed by atoms with E-state index in [1.54, 1.807) is 30.1 Å². The molecule has 3 rings (SSSR count). The third-order valence-corrected chi connectivity index (χ3v) is 4.03. The number of benzene rings is 1. The van der Waals surface area contributed by atoms with Crippen LogP contribution in [0.15, 0.2) is 57.6 Å². The highest BCUT2D eigenvalue weighted by Crippen LogP contribution is 2.20. The molecule has 0 aliphatic heterocycles. The van der Waals surface area contributed by atoms with Gasteiger partial charge in [-0.3, -0.25) is 9.48 Å². The van der Waals surface area contributed by atoms with Crippen LogP contribution in [0, 0.1) is 6.92 Å². The van der Waals surface area contributed by atoms with E-state index in [9.17, 15) is 4.79 Å². The van der Waals surface area contributed by atoms with Crippen molar-refractivity contribution in [3.05, 3.63) is 75.9 Å². The number of carbonyl (C=O) groups is 1. The predicted molar refractivity (Wildman–Crippen MR) is 98.5 cm³/mol. The van der Waals surface area contributed by atoms with E-state index >= 15 is 0 Å². The molecule has 0 atom stereocenters. The molecular formula is C19H17BrN2O3. The van der Waals surface area contributed by atoms with Crippen LogP contribution in [0.3, 0.4) is 0 Å². The van der Waals surface area contributed by atoms with Crippen LogP contribution in [0.4, 0.5) is 0 Å². The number of ether oxygens (including phenoxy) is 1. The van der Waals surface area contributed by atoms with Crippen molar-refractivity contribution >= 4 is 27.8 Å². The quantitative estimate of drug-likeness (QED) is 0.449. The highest BCUT2D eigenvalue weighted by atomic mass is 79.9. The molecule has 0 spiro atoms. The molecule has 3 aromatic rings. The van der Waals surface area contributed by atoms with Gasteiger partial charge in [0.2, 0.25) is 0 Å². The van der Waals surface area contributed by atoms with Crippen molar-refractivity contribution in [1.82, 2.24) is 9.78 Å². The number of nitrogens with zero attached hydrogens (tertiary/aromatic N) is 2. The summed E-state index contributed by atoms with van der Waals surface area (Å²) in [7, 11) is 1.79. The van der Waals surface area contributed by atoms with E-state index in [0.717, 1.165) is 10.2 Å². The first kappa shape index (κ1) is 17.2. The van der Waals surface area contributed by atoms with Crippen molar-refractivity contribution in [2.75, 3.05) is 0 Å². The molecule has 0 N–H and O–H groups in total. The maximum absolute atomic E-state index is 12.2. The molecule has 1 aromatic carbocycles. The first-order chi connectivity index (χ1) is 12.0. The van der Waals surface area contributed by atoms with Crippen LogP contribution in [-0.2, 0) is 13.7 Å². The Morgan fingerprint density at radius 3 is 2.92 bits per heavy atom. The van der Waals surface area contributed by atoms with Gasteiger partial charge in [-0.15, -0.1) is 0 Å². The van der Waals surface area contributed by atoms with Gasteiger partial charge in [0.15, 0.2) is 5.78 Å². The molecule has 0 bridgehead atoms. The van der Waals surface area contributed by atoms with Gasteiger partial charge >= 0.3 is 0 Å². The molecule has 2 aromatic heterocycles. The van der Waals surface area contributed by atoms with Gasteiger partial charge in [0.1, 0.15) is 23.9 Å². The second-order valence-corrected chi connectivity index (χ2v) is 6.47. The third kappa shape index (κ3) is 4.48. The maximum Gasteiger partial charge on any atom is 0.189 e. The number of allylic oxidation sites excluding steroid dienone is 1. The van der Waals surface area contributed by atoms with E-state index in [1.807, 2.05) is 37.3 Å². The van der Waals surface area contributed by atoms with Gasteiger partial charge in [0.05, 0.1) is 11.3 Å². The lowest BCUT2D eigenvalue weighted by molar-refractivity contribution is 0.104. The molecule has 0 saturated carbocycles. The van der Waals surface area contributed by atoms with Crippen LogP contribution in [0.5, 0.6) is 5.75 Å². The lowest BCUT2D eigenvalue weighted by Crippen LogP contribution is -1.94. The molecule has 0 saturated heterocycles. The second kappa shape index (κ2) is 7.53. The summed E-state index contributed by atoms with van der Waals surface area (Å²) in [5, 5.41) is 4.17. The van der Waals surface area contributed by atoms with Crippen molar-refractivity contribution < 1.29 is 13.9 Å². The minimum atomic E-state index is -0.103. The Labute approximate surface area is 154 Å². The van der Waals surface area contributed by atoms with E-state index in [-0.39, 0.29) is 5.78 Å². The number of aromatic nitrogens is 2. The van der Waals surface area contributed by atoms with Crippen molar-refractivity contribution in [2.24, 2.45) is 7.05 Å². The molecule has 0 aliphatic carbocycles. The molecule has 5 nitrogen and oxygen atoms in total. The second-order valence-electron chi connectivity index (χ2n) is 5.55. The lowest BCUT2D eigenvalue weighted by atomic mass is 10.1. The van der Waals surface area contributed by atoms with Gasteiger partial charge < -0.3 is 9.15 Å². The number of rotatable bonds is 6. The van der Waals surface area contributed by atoms with Crippen molar-refractivity contribution in [3.63, 3.8) is 0 Å². The molecule has 2 heterocycles. The van der Waals surface area contributed by atoms with Crippen molar-refractivity contribution in [3.8, 4) is 5.75 Å². The normalized spacial score (nSPS) is 11.2. The fraction of sp³-hybridized carbons (Fsp3) is 0.158. The number of aryl methyl sites for hydroxylation is 2. The minimum Gasteiger partial charge on any atom is -0.486 e. The molecule has 0 amide bonds. The van der Waals surface area contributed by atoms with Crippen LogP contribution < -0.4 is 4.74 Å². The zero-order chi connectivity index (χ0) is 17.8. The molecule has 0 radical (unpaired) electrons. The Hall–Kier alpha value is -2.60. The van der Waals surface area contributed by atoms with Crippen LogP contribution in [-0.4, -0.2) is 15.6 Å². The number of hydrogen-bond acceptors (Lipinski definition) is 4. The number of halogens is 1. The number of carbonyl (C=O) groups excluding carboxylic acids is 1. The van der Waals surface area contributed by atoms with Crippen LogP contribution in [0.25, 0.3) is 6.08 Å². The molecule has 128 valence electrons. The maximum atomic E-state index is 12.2. The molecule has 25 heavy (non-hydrogen) atoms. The third-order valence-electron chi connectivity index (χ3n) is 3.54. The summed E-state index contributed by atoms with van der Waals surface area (Å²) in [6, 6.07) is 11.2. The van der Waals surface area contributed by atoms with Gasteiger partial charge in [0, 0.05) is 17.7 Å². The van der Waals surface area contributed by atoms with Crippen LogP contribution in [0.1, 0.15) is 27.6 Å². The molecular weight excluding hydrogens is 384 g/mol. The summed E-state index contributed by atoms with van der Waals surface area (Å²) >= 11 is 3.40. The van der Waals surface area contributed by atoms with E-state index in [1.165, 1.54) is 6.08 Å². The fourth-order valence-electron chi connectivity index (χ4n) is 2.36. The average Bonchev–Trinajstić information content (AvgIpc) is 3.17. The van der Waals surface area contributed by atoms with Gasteiger partial charge in [-0.1, -0.05) is 22.0 Å². The highest BCUT2D eigenvalue weighted by molar-refractivity contribution is 9.10. The number of ketones is 1. The summed E-state index contributed by atoms with van der Waals surface area (Å²) in [6.45, 7) is 2.13. The zero-order valence-electron chi connectivity index (χ0n) is 13.9. The van der Waals surface area contributed by atoms with Crippen LogP contribution >= 0.6 is 15.9 Å². The molecule has 6 heteroatoms. The summed E-state index contributed by atoms with van der Waals surface area (Å²) in [4.78, 5) is 12.2. The highest BCUT2D eigenvalue weighted by Gasteiger charge is 2.10. The summed E-state index contributed by atoms with van der Waals surface area (Å²) < 4.78 is 13.9. The van der Waals surface area contributed by atoms with Crippen molar-refractivity contribution in [2.45, 2.75) is 13.5 Å². The van der Waals surface area contributed by atoms with E-state index in [0.29, 0.717) is 29.4 Å². The zero-order valence-corrected chi connectivity index (χ0v) is 15.5. The summed E-state index contributed by atoms with van der Waals surface area (Å²) in [5.41, 5.74) is 1.29. The summed E-state index contributed by atoms with van der Waals surface area (Å²) in [6.07, 6.45) is 4.85. The largest absolute Gasteiger partial charge is 0.486 e. The van der Waals surface area contributed by atoms with Gasteiger partial charge in [0.25, 0.3) is 0 Å². The van der Waals surface area contributed by atoms with Gasteiger partial charge in [-0.25, -0.2) is 0 Å². The molecule has 0 fully saturated rings. The Morgan fingerprint density at radius 1 is 1.36 bits per heavy atom. The average molecular weight is 401 g/mol. The van der Waals surface area contributed by atoms with Gasteiger partial charge in [-0.05, 0) is 49.4 Å². The molecule has 0 aliphatic rings. The first-order valence-corrected chi connectivity index (χ1v) is 8.50. The SMILES string of the molecule is Cc1nn(C)cc1C(=O)/C=C/c1ccc(COc2cccc(Br)c2)o1. The Kier molecular flexibility index (Phi) is 5.19. The van der Waals surface area contributed by atoms with Gasteiger partial charge in [-0.2, -0.15) is 5.10 Å². The van der Waals surface area contributed by atoms with Crippen molar-refractivity contribution in [1.29, 1.82) is 0 Å².